The van der Waals surface area contributed by atoms with E-state index in [1.54, 1.807) is 6.92 Å². The predicted molar refractivity (Wildman–Crippen MR) is 61.5 cm³/mol. The van der Waals surface area contributed by atoms with Crippen molar-refractivity contribution in [2.45, 2.75) is 13.8 Å². The maximum Gasteiger partial charge on any atom is 0.358 e. The summed E-state index contributed by atoms with van der Waals surface area (Å²) >= 11 is 4.86. The summed E-state index contributed by atoms with van der Waals surface area (Å²) in [5.74, 6) is -0.359. The molecule has 0 aromatic carbocycles. The molecule has 4 nitrogen and oxygen atoms in total. The summed E-state index contributed by atoms with van der Waals surface area (Å²) in [6.45, 7) is 4.00. The molecular formula is C9H9BrN2O2S. The first-order valence-electron chi connectivity index (χ1n) is 4.44. The first-order valence-corrected chi connectivity index (χ1v) is 6.05. The van der Waals surface area contributed by atoms with E-state index in [1.807, 2.05) is 17.5 Å². The molecule has 0 saturated carbocycles. The van der Waals surface area contributed by atoms with Gasteiger partial charge < -0.3 is 4.74 Å². The number of halogens is 1. The molecule has 0 aliphatic carbocycles. The Labute approximate surface area is 99.0 Å². The second kappa shape index (κ2) is 3.94. The van der Waals surface area contributed by atoms with Crippen molar-refractivity contribution in [1.29, 1.82) is 0 Å². The van der Waals surface area contributed by atoms with Crippen LogP contribution >= 0.6 is 27.3 Å². The van der Waals surface area contributed by atoms with Gasteiger partial charge in [-0.25, -0.2) is 9.78 Å². The lowest BCUT2D eigenvalue weighted by Gasteiger charge is -1.98. The number of ether oxygens (including phenoxy) is 1. The van der Waals surface area contributed by atoms with Crippen molar-refractivity contribution in [2.24, 2.45) is 0 Å². The number of esters is 1. The predicted octanol–water partition coefficient (Wildman–Crippen LogP) is 2.64. The highest BCUT2D eigenvalue weighted by Crippen LogP contribution is 2.25. The Bertz CT molecular complexity index is 517. The van der Waals surface area contributed by atoms with Gasteiger partial charge in [0.05, 0.1) is 16.1 Å². The molecule has 0 aliphatic rings. The molecule has 0 aliphatic heterocycles. The molecule has 0 unspecified atom stereocenters. The van der Waals surface area contributed by atoms with E-state index in [0.717, 1.165) is 14.4 Å². The van der Waals surface area contributed by atoms with Crippen LogP contribution in [0.2, 0.25) is 0 Å². The molecule has 2 rings (SSSR count). The van der Waals surface area contributed by atoms with E-state index in [2.05, 4.69) is 20.9 Å². The molecule has 2 heterocycles. The standard InChI is InChI=1S/C9H9BrN2O2S/c1-3-14-8(13)7-5(2)12-4-6(10)15-9(12)11-7/h4H,3H2,1-2H3. The minimum absolute atomic E-state index is 0.359. The maximum atomic E-state index is 11.5. The van der Waals surface area contributed by atoms with E-state index in [0.29, 0.717) is 12.3 Å². The number of carbonyl (C=O) groups is 1. The quantitative estimate of drug-likeness (QED) is 0.798. The normalized spacial score (nSPS) is 10.9. The van der Waals surface area contributed by atoms with E-state index < -0.39 is 0 Å². The largest absolute Gasteiger partial charge is 0.461 e. The molecule has 2 aromatic rings. The summed E-state index contributed by atoms with van der Waals surface area (Å²) in [5.41, 5.74) is 1.21. The Morgan fingerprint density at radius 3 is 3.07 bits per heavy atom. The van der Waals surface area contributed by atoms with Gasteiger partial charge in [0.25, 0.3) is 0 Å². The number of rotatable bonds is 2. The molecule has 80 valence electrons. The zero-order valence-corrected chi connectivity index (χ0v) is 10.7. The van der Waals surface area contributed by atoms with Gasteiger partial charge in [0.15, 0.2) is 10.7 Å². The van der Waals surface area contributed by atoms with Gasteiger partial charge in [0.1, 0.15) is 0 Å². The summed E-state index contributed by atoms with van der Waals surface area (Å²) in [7, 11) is 0. The smallest absolute Gasteiger partial charge is 0.358 e. The van der Waals surface area contributed by atoms with Crippen molar-refractivity contribution in [3.05, 3.63) is 21.4 Å². The van der Waals surface area contributed by atoms with Crippen LogP contribution in [-0.2, 0) is 4.74 Å². The third-order valence-corrected chi connectivity index (χ3v) is 3.47. The molecule has 2 aromatic heterocycles. The number of thiazole rings is 1. The van der Waals surface area contributed by atoms with Crippen LogP contribution < -0.4 is 0 Å². The van der Waals surface area contributed by atoms with Gasteiger partial charge in [0, 0.05) is 6.20 Å². The van der Waals surface area contributed by atoms with Crippen LogP contribution in [0.1, 0.15) is 23.1 Å². The van der Waals surface area contributed by atoms with Gasteiger partial charge >= 0.3 is 5.97 Å². The maximum absolute atomic E-state index is 11.5. The van der Waals surface area contributed by atoms with Crippen molar-refractivity contribution in [3.63, 3.8) is 0 Å². The van der Waals surface area contributed by atoms with Crippen LogP contribution in [0, 0.1) is 6.92 Å². The number of hydrogen-bond acceptors (Lipinski definition) is 4. The van der Waals surface area contributed by atoms with Crippen LogP contribution in [0.3, 0.4) is 0 Å². The van der Waals surface area contributed by atoms with Gasteiger partial charge in [-0.05, 0) is 29.8 Å². The Balaban J connectivity index is 2.49. The van der Waals surface area contributed by atoms with Gasteiger partial charge in [-0.2, -0.15) is 0 Å². The first-order chi connectivity index (χ1) is 7.13. The van der Waals surface area contributed by atoms with E-state index in [1.165, 1.54) is 11.3 Å². The van der Waals surface area contributed by atoms with Crippen molar-refractivity contribution in [2.75, 3.05) is 6.61 Å². The third-order valence-electron chi connectivity index (χ3n) is 2.01. The van der Waals surface area contributed by atoms with Crippen molar-refractivity contribution >= 4 is 38.2 Å². The highest BCUT2D eigenvalue weighted by Gasteiger charge is 2.18. The Kier molecular flexibility index (Phi) is 2.79. The average Bonchev–Trinajstić information content (AvgIpc) is 2.66. The fourth-order valence-corrected chi connectivity index (χ4v) is 2.72. The van der Waals surface area contributed by atoms with Crippen LogP contribution in [0.4, 0.5) is 0 Å². The number of aromatic nitrogens is 2. The Hall–Kier alpha value is -0.880. The molecule has 15 heavy (non-hydrogen) atoms. The third kappa shape index (κ3) is 1.79. The van der Waals surface area contributed by atoms with Crippen molar-refractivity contribution < 1.29 is 9.53 Å². The first kappa shape index (κ1) is 10.6. The molecule has 6 heteroatoms. The molecule has 0 bridgehead atoms. The number of aryl methyl sites for hydroxylation is 1. The second-order valence-electron chi connectivity index (χ2n) is 2.95. The van der Waals surface area contributed by atoms with E-state index >= 15 is 0 Å². The fraction of sp³-hybridized carbons (Fsp3) is 0.333. The van der Waals surface area contributed by atoms with Crippen LogP contribution in [0.25, 0.3) is 4.96 Å². The summed E-state index contributed by atoms with van der Waals surface area (Å²) in [4.78, 5) is 16.5. The highest BCUT2D eigenvalue weighted by atomic mass is 79.9. The Morgan fingerprint density at radius 1 is 1.73 bits per heavy atom. The van der Waals surface area contributed by atoms with Gasteiger partial charge in [0.2, 0.25) is 0 Å². The molecule has 0 atom stereocenters. The second-order valence-corrected chi connectivity index (χ2v) is 5.34. The number of fused-ring (bicyclic) bond motifs is 1. The molecule has 0 saturated heterocycles. The number of imidazole rings is 1. The average molecular weight is 289 g/mol. The van der Waals surface area contributed by atoms with Gasteiger partial charge in [-0.15, -0.1) is 0 Å². The Morgan fingerprint density at radius 2 is 2.47 bits per heavy atom. The monoisotopic (exact) mass is 288 g/mol. The van der Waals surface area contributed by atoms with Crippen LogP contribution in [0.15, 0.2) is 9.98 Å². The summed E-state index contributed by atoms with van der Waals surface area (Å²) in [6.07, 6.45) is 1.89. The number of nitrogens with zero attached hydrogens (tertiary/aromatic N) is 2. The topological polar surface area (TPSA) is 43.6 Å². The lowest BCUT2D eigenvalue weighted by atomic mass is 10.3. The minimum atomic E-state index is -0.359. The van der Waals surface area contributed by atoms with E-state index in [4.69, 9.17) is 4.74 Å². The van der Waals surface area contributed by atoms with Crippen LogP contribution in [-0.4, -0.2) is 22.0 Å². The van der Waals surface area contributed by atoms with E-state index in [-0.39, 0.29) is 5.97 Å². The number of carbonyl (C=O) groups excluding carboxylic acids is 1. The van der Waals surface area contributed by atoms with Gasteiger partial charge in [-0.1, -0.05) is 11.3 Å². The zero-order chi connectivity index (χ0) is 11.0. The zero-order valence-electron chi connectivity index (χ0n) is 8.28. The van der Waals surface area contributed by atoms with Gasteiger partial charge in [-0.3, -0.25) is 4.40 Å². The molecular weight excluding hydrogens is 280 g/mol. The molecule has 0 N–H and O–H groups in total. The molecule has 0 radical (unpaired) electrons. The fourth-order valence-electron chi connectivity index (χ4n) is 1.32. The summed E-state index contributed by atoms with van der Waals surface area (Å²) in [5, 5.41) is 0. The lowest BCUT2D eigenvalue weighted by molar-refractivity contribution is 0.0519. The van der Waals surface area contributed by atoms with E-state index in [9.17, 15) is 4.79 Å². The molecule has 0 spiro atoms. The van der Waals surface area contributed by atoms with Crippen LogP contribution in [0.5, 0.6) is 0 Å². The SMILES string of the molecule is CCOC(=O)c1nc2sc(Br)cn2c1C. The highest BCUT2D eigenvalue weighted by molar-refractivity contribution is 9.11. The van der Waals surface area contributed by atoms with Crippen molar-refractivity contribution in [3.8, 4) is 0 Å². The molecule has 0 fully saturated rings. The minimum Gasteiger partial charge on any atom is -0.461 e. The lowest BCUT2D eigenvalue weighted by Crippen LogP contribution is -2.06. The summed E-state index contributed by atoms with van der Waals surface area (Å²) < 4.78 is 7.78. The van der Waals surface area contributed by atoms with Crippen molar-refractivity contribution in [1.82, 2.24) is 9.38 Å². The molecule has 0 amide bonds. The number of hydrogen-bond donors (Lipinski definition) is 0. The summed E-state index contributed by atoms with van der Waals surface area (Å²) in [6, 6.07) is 0.